The zero-order valence-electron chi connectivity index (χ0n) is 20.5. The zero-order chi connectivity index (χ0) is 26.8. The summed E-state index contributed by atoms with van der Waals surface area (Å²) < 4.78 is 0. The molecule has 37 heavy (non-hydrogen) atoms. The second-order valence-corrected chi connectivity index (χ2v) is 8.49. The van der Waals surface area contributed by atoms with Crippen molar-refractivity contribution in [3.63, 3.8) is 0 Å². The van der Waals surface area contributed by atoms with Gasteiger partial charge in [0, 0.05) is 23.9 Å². The summed E-state index contributed by atoms with van der Waals surface area (Å²) in [6, 6.07) is 19.3. The maximum atomic E-state index is 13.2. The number of amides is 3. The van der Waals surface area contributed by atoms with Gasteiger partial charge in [0.25, 0.3) is 5.91 Å². The Morgan fingerprint density at radius 2 is 1.54 bits per heavy atom. The minimum Gasteiger partial charge on any atom is -0.478 e. The van der Waals surface area contributed by atoms with Gasteiger partial charge in [0.05, 0.1) is 5.56 Å². The lowest BCUT2D eigenvalue weighted by Gasteiger charge is -2.18. The largest absolute Gasteiger partial charge is 0.478 e. The van der Waals surface area contributed by atoms with Gasteiger partial charge < -0.3 is 26.8 Å². The van der Waals surface area contributed by atoms with Crippen LogP contribution in [0.25, 0.3) is 11.1 Å². The Morgan fingerprint density at radius 1 is 0.865 bits per heavy atom. The lowest BCUT2D eigenvalue weighted by atomic mass is 9.98. The van der Waals surface area contributed by atoms with Crippen molar-refractivity contribution in [2.75, 3.05) is 17.2 Å². The molecule has 0 saturated heterocycles. The fourth-order valence-corrected chi connectivity index (χ4v) is 3.81. The predicted molar refractivity (Wildman–Crippen MR) is 142 cm³/mol. The Hall–Kier alpha value is -4.50. The highest BCUT2D eigenvalue weighted by Gasteiger charge is 2.20. The van der Waals surface area contributed by atoms with E-state index in [2.05, 4.69) is 16.0 Å². The van der Waals surface area contributed by atoms with Gasteiger partial charge in [0.1, 0.15) is 6.04 Å². The molecule has 0 fully saturated rings. The van der Waals surface area contributed by atoms with Crippen LogP contribution in [0.2, 0.25) is 0 Å². The quantitative estimate of drug-likeness (QED) is 0.251. The van der Waals surface area contributed by atoms with E-state index in [9.17, 15) is 19.2 Å². The molecule has 0 unspecified atom stereocenters. The van der Waals surface area contributed by atoms with Gasteiger partial charge in [0.2, 0.25) is 11.8 Å². The monoisotopic (exact) mass is 502 g/mol. The first-order chi connectivity index (χ1) is 17.8. The number of carbonyl (C=O) groups excluding carboxylic acids is 3. The molecule has 3 aromatic carbocycles. The molecular formula is C28H30N4O5. The molecule has 1 atom stereocenters. The fraction of sp³-hybridized carbons (Fsp3) is 0.214. The molecule has 0 saturated carbocycles. The number of nitrogens with two attached hydrogens (primary N) is 1. The number of hydrogen-bond donors (Lipinski definition) is 5. The lowest BCUT2D eigenvalue weighted by molar-refractivity contribution is -0.125. The van der Waals surface area contributed by atoms with Gasteiger partial charge >= 0.3 is 5.97 Å². The topological polar surface area (TPSA) is 151 Å². The van der Waals surface area contributed by atoms with Gasteiger partial charge in [-0.25, -0.2) is 4.79 Å². The summed E-state index contributed by atoms with van der Waals surface area (Å²) in [6.45, 7) is 1.86. The summed E-state index contributed by atoms with van der Waals surface area (Å²) in [5.74, 6) is -2.11. The Labute approximate surface area is 215 Å². The van der Waals surface area contributed by atoms with Crippen LogP contribution in [0.1, 0.15) is 46.9 Å². The van der Waals surface area contributed by atoms with Crippen LogP contribution in [-0.2, 0) is 9.59 Å². The number of anilines is 2. The molecule has 0 spiro atoms. The highest BCUT2D eigenvalue weighted by molar-refractivity contribution is 6.09. The minimum atomic E-state index is -1.05. The predicted octanol–water partition coefficient (Wildman–Crippen LogP) is 3.88. The van der Waals surface area contributed by atoms with Crippen molar-refractivity contribution in [3.8, 4) is 11.1 Å². The summed E-state index contributed by atoms with van der Waals surface area (Å²) in [4.78, 5) is 48.8. The number of carbonyl (C=O) groups is 4. The van der Waals surface area contributed by atoms with Crippen molar-refractivity contribution in [3.05, 3.63) is 83.9 Å². The minimum absolute atomic E-state index is 0.115. The number of aromatic carboxylic acids is 1. The Morgan fingerprint density at radius 3 is 2.16 bits per heavy atom. The Bertz CT molecular complexity index is 1260. The van der Waals surface area contributed by atoms with E-state index >= 15 is 0 Å². The molecule has 9 heteroatoms. The molecule has 9 nitrogen and oxygen atoms in total. The smallest absolute Gasteiger partial charge is 0.335 e. The molecule has 0 bridgehead atoms. The van der Waals surface area contributed by atoms with E-state index in [4.69, 9.17) is 10.8 Å². The van der Waals surface area contributed by atoms with Crippen LogP contribution < -0.4 is 21.7 Å². The normalized spacial score (nSPS) is 11.3. The molecule has 0 heterocycles. The highest BCUT2D eigenvalue weighted by atomic mass is 16.4. The molecule has 0 aliphatic carbocycles. The number of rotatable bonds is 11. The van der Waals surface area contributed by atoms with Crippen molar-refractivity contribution in [2.45, 2.75) is 32.2 Å². The third-order valence-corrected chi connectivity index (χ3v) is 5.65. The van der Waals surface area contributed by atoms with Gasteiger partial charge in [-0.1, -0.05) is 30.3 Å². The first-order valence-corrected chi connectivity index (χ1v) is 11.9. The summed E-state index contributed by atoms with van der Waals surface area (Å²) in [7, 11) is 0. The first-order valence-electron chi connectivity index (χ1n) is 11.9. The van der Waals surface area contributed by atoms with Crippen LogP contribution in [0.3, 0.4) is 0 Å². The van der Waals surface area contributed by atoms with E-state index in [1.54, 1.807) is 18.2 Å². The average Bonchev–Trinajstić information content (AvgIpc) is 2.88. The number of nitrogens with one attached hydrogen (secondary N) is 3. The van der Waals surface area contributed by atoms with Crippen LogP contribution in [-0.4, -0.2) is 41.4 Å². The number of benzene rings is 3. The number of carboxylic acid groups (broad SMARTS) is 1. The molecule has 3 rings (SSSR count). The summed E-state index contributed by atoms with van der Waals surface area (Å²) >= 11 is 0. The third kappa shape index (κ3) is 7.74. The molecule has 3 amide bonds. The van der Waals surface area contributed by atoms with Crippen LogP contribution in [0.4, 0.5) is 11.4 Å². The summed E-state index contributed by atoms with van der Waals surface area (Å²) in [5.41, 5.74) is 8.32. The van der Waals surface area contributed by atoms with Crippen LogP contribution in [0.5, 0.6) is 0 Å². The zero-order valence-corrected chi connectivity index (χ0v) is 20.5. The van der Waals surface area contributed by atoms with Crippen molar-refractivity contribution in [1.82, 2.24) is 5.32 Å². The van der Waals surface area contributed by atoms with Gasteiger partial charge in [-0.3, -0.25) is 14.4 Å². The summed E-state index contributed by atoms with van der Waals surface area (Å²) in [6.07, 6.45) is 1.89. The van der Waals surface area contributed by atoms with Gasteiger partial charge in [-0.2, -0.15) is 0 Å². The van der Waals surface area contributed by atoms with Crippen molar-refractivity contribution < 1.29 is 24.3 Å². The molecule has 0 aliphatic heterocycles. The lowest BCUT2D eigenvalue weighted by Crippen LogP contribution is -2.42. The highest BCUT2D eigenvalue weighted by Crippen LogP contribution is 2.28. The van der Waals surface area contributed by atoms with E-state index < -0.39 is 17.9 Å². The number of carboxylic acids is 1. The number of unbranched alkanes of at least 4 members (excludes halogenated alkanes) is 1. The van der Waals surface area contributed by atoms with Crippen LogP contribution in [0.15, 0.2) is 72.8 Å². The van der Waals surface area contributed by atoms with E-state index in [1.807, 2.05) is 30.3 Å². The average molecular weight is 503 g/mol. The van der Waals surface area contributed by atoms with Gasteiger partial charge in [-0.15, -0.1) is 0 Å². The van der Waals surface area contributed by atoms with Crippen LogP contribution in [0, 0.1) is 0 Å². The van der Waals surface area contributed by atoms with Gasteiger partial charge in [0.15, 0.2) is 0 Å². The molecule has 0 radical (unpaired) electrons. The standard InChI is InChI=1S/C28H30N4O5/c1-18(33)30-25(9-5-6-16-29)27(35)32-22-14-15-23(24(17-22)19-7-3-2-4-8-19)26(34)31-21-12-10-20(11-13-21)28(36)37/h2-4,7-8,10-15,17,25H,5-6,9,16,29H2,1H3,(H,30,33)(H,31,34)(H,32,35)(H,36,37)/t25-/m0/s1. The first kappa shape index (κ1) is 27.1. The van der Waals surface area contributed by atoms with E-state index in [-0.39, 0.29) is 17.4 Å². The van der Waals surface area contributed by atoms with Gasteiger partial charge in [-0.05, 0) is 79.4 Å². The van der Waals surface area contributed by atoms with Crippen molar-refractivity contribution >= 4 is 35.1 Å². The third-order valence-electron chi connectivity index (χ3n) is 5.65. The van der Waals surface area contributed by atoms with E-state index in [0.29, 0.717) is 41.9 Å². The van der Waals surface area contributed by atoms with Crippen molar-refractivity contribution in [1.29, 1.82) is 0 Å². The molecule has 192 valence electrons. The maximum absolute atomic E-state index is 13.2. The molecule has 6 N–H and O–H groups in total. The fourth-order valence-electron chi connectivity index (χ4n) is 3.81. The Balaban J connectivity index is 1.86. The molecule has 0 aliphatic rings. The second-order valence-electron chi connectivity index (χ2n) is 8.49. The summed E-state index contributed by atoms with van der Waals surface area (Å²) in [5, 5.41) is 17.4. The molecule has 0 aromatic heterocycles. The van der Waals surface area contributed by atoms with Crippen molar-refractivity contribution in [2.24, 2.45) is 5.73 Å². The Kier molecular flexibility index (Phi) is 9.51. The van der Waals surface area contributed by atoms with E-state index in [0.717, 1.165) is 12.0 Å². The SMILES string of the molecule is CC(=O)N[C@@H](CCCCN)C(=O)Nc1ccc(C(=O)Nc2ccc(C(=O)O)cc2)c(-c2ccccc2)c1. The van der Waals surface area contributed by atoms with E-state index in [1.165, 1.54) is 31.2 Å². The van der Waals surface area contributed by atoms with Crippen LogP contribution >= 0.6 is 0 Å². The second kappa shape index (κ2) is 13.0. The maximum Gasteiger partial charge on any atom is 0.335 e. The molecular weight excluding hydrogens is 472 g/mol. The number of hydrogen-bond acceptors (Lipinski definition) is 5. The molecule has 3 aromatic rings.